The van der Waals surface area contributed by atoms with Crippen LogP contribution >= 0.6 is 22.9 Å². The standard InChI is InChI=1S/C48H55ClF2N8O8S/c1-29-42(68-28-54-29)31-10-8-30(9-11-31)25-53-45(63)39-24-34(60)26-58(39)46(64)43(47(2,3)4)57-40(61)27-65-22-20-52-37-17-12-32(44(62)56-33-13-15-35(16-14-33)67-48(49,50)51)23-36(37)38-18-19-55-59(38)41-7-5-6-21-66-41/h8-19,23,28,34,39,41,43,52,60H,5-7,20-22,24-27H2,1-4H3,(H,53,63)(H,56,62)(H,57,61)/t34-,39+,41?,43-/m1/s1. The Hall–Kier alpha value is -5.99. The first-order valence-corrected chi connectivity index (χ1v) is 23.5. The minimum atomic E-state index is -3.88. The van der Waals surface area contributed by atoms with E-state index in [9.17, 15) is 33.1 Å². The van der Waals surface area contributed by atoms with Crippen molar-refractivity contribution in [3.05, 3.63) is 101 Å². The quantitative estimate of drug-likeness (QED) is 0.0435. The van der Waals surface area contributed by atoms with E-state index in [1.54, 1.807) is 66.7 Å². The van der Waals surface area contributed by atoms with Gasteiger partial charge in [0.25, 0.3) is 5.91 Å². The van der Waals surface area contributed by atoms with Gasteiger partial charge in [-0.2, -0.15) is 5.10 Å². The molecule has 2 aliphatic heterocycles. The topological polar surface area (TPSA) is 198 Å². The number of aromatic nitrogens is 3. The third-order valence-corrected chi connectivity index (χ3v) is 12.6. The van der Waals surface area contributed by atoms with Gasteiger partial charge in [0, 0.05) is 73.0 Å². The Bertz CT molecular complexity index is 2540. The van der Waals surface area contributed by atoms with E-state index in [1.807, 2.05) is 37.3 Å². The van der Waals surface area contributed by atoms with Crippen molar-refractivity contribution in [2.45, 2.75) is 89.9 Å². The molecule has 2 aliphatic rings. The number of likely N-dealkylation sites (tertiary alicyclic amines) is 1. The fourth-order valence-electron chi connectivity index (χ4n) is 8.07. The van der Waals surface area contributed by atoms with E-state index in [1.165, 1.54) is 29.2 Å². The normalized spacial score (nSPS) is 17.9. The van der Waals surface area contributed by atoms with Crippen LogP contribution < -0.4 is 26.0 Å². The van der Waals surface area contributed by atoms with Crippen molar-refractivity contribution >= 4 is 57.9 Å². The Morgan fingerprint density at radius 2 is 1.79 bits per heavy atom. The molecule has 2 saturated heterocycles. The number of alkyl halides is 3. The number of amides is 4. The number of β-amino-alcohol motifs (C(OH)–C–C–N with tert-alkyl or cyclic N) is 1. The number of aliphatic hydroxyl groups is 1. The summed E-state index contributed by atoms with van der Waals surface area (Å²) in [6, 6.07) is 18.1. The van der Waals surface area contributed by atoms with Crippen molar-refractivity contribution in [3.63, 3.8) is 0 Å². The van der Waals surface area contributed by atoms with E-state index < -0.39 is 52.8 Å². The van der Waals surface area contributed by atoms with Crippen molar-refractivity contribution < 1.29 is 47.3 Å². The lowest BCUT2D eigenvalue weighted by molar-refractivity contribution is -0.144. The van der Waals surface area contributed by atoms with Gasteiger partial charge in [-0.3, -0.25) is 19.2 Å². The lowest BCUT2D eigenvalue weighted by atomic mass is 9.85. The van der Waals surface area contributed by atoms with Gasteiger partial charge < -0.3 is 45.5 Å². The molecule has 5 aromatic rings. The number of carbonyl (C=O) groups excluding carboxylic acids is 4. The molecule has 0 spiro atoms. The lowest BCUT2D eigenvalue weighted by Gasteiger charge is -2.35. The third kappa shape index (κ3) is 13.0. The summed E-state index contributed by atoms with van der Waals surface area (Å²) in [7, 11) is 0. The average Bonchev–Trinajstić information content (AvgIpc) is 4.07. The number of thiazole rings is 1. The number of aliphatic hydroxyl groups excluding tert-OH is 1. The maximum absolute atomic E-state index is 14.1. The molecule has 68 heavy (non-hydrogen) atoms. The molecule has 0 aliphatic carbocycles. The SMILES string of the molecule is Cc1ncsc1-c1ccc(CNC(=O)[C@@H]2C[C@@H](O)CN2C(=O)[C@@H](NC(=O)COCCNc2ccc(C(=O)Nc3ccc(OC(F)(F)Cl)cc3)cc2-c2ccnn2C2CCCCO2)C(C)(C)C)cc1. The van der Waals surface area contributed by atoms with Gasteiger partial charge in [-0.05, 0) is 91.3 Å². The molecular formula is C48H55ClF2N8O8S. The molecule has 0 bridgehead atoms. The zero-order chi connectivity index (χ0) is 48.6. The Balaban J connectivity index is 0.950. The van der Waals surface area contributed by atoms with E-state index >= 15 is 0 Å². The molecule has 5 N–H and O–H groups in total. The molecule has 2 aromatic heterocycles. The highest BCUT2D eigenvalue weighted by Gasteiger charge is 2.44. The first-order valence-electron chi connectivity index (χ1n) is 22.3. The largest absolute Gasteiger partial charge is 0.487 e. The monoisotopic (exact) mass is 976 g/mol. The van der Waals surface area contributed by atoms with Crippen LogP contribution in [-0.4, -0.2) is 105 Å². The molecular weight excluding hydrogens is 922 g/mol. The predicted molar refractivity (Wildman–Crippen MR) is 253 cm³/mol. The minimum Gasteiger partial charge on any atom is -0.420 e. The van der Waals surface area contributed by atoms with Gasteiger partial charge >= 0.3 is 5.57 Å². The van der Waals surface area contributed by atoms with Crippen LogP contribution in [0.4, 0.5) is 20.2 Å². The van der Waals surface area contributed by atoms with Gasteiger partial charge in [0.2, 0.25) is 17.7 Å². The fourth-order valence-corrected chi connectivity index (χ4v) is 8.97. The van der Waals surface area contributed by atoms with E-state index in [4.69, 9.17) is 21.1 Å². The number of rotatable bonds is 18. The number of hydrogen-bond acceptors (Lipinski definition) is 12. The van der Waals surface area contributed by atoms with Crippen LogP contribution in [0, 0.1) is 12.3 Å². The van der Waals surface area contributed by atoms with Crippen molar-refractivity contribution in [1.29, 1.82) is 0 Å². The van der Waals surface area contributed by atoms with Gasteiger partial charge in [-0.1, -0.05) is 45.0 Å². The van der Waals surface area contributed by atoms with Gasteiger partial charge in [0.15, 0.2) is 6.23 Å². The molecule has 16 nitrogen and oxygen atoms in total. The van der Waals surface area contributed by atoms with Crippen molar-refractivity contribution in [2.24, 2.45) is 5.41 Å². The van der Waals surface area contributed by atoms with Gasteiger partial charge in [-0.25, -0.2) is 9.67 Å². The van der Waals surface area contributed by atoms with E-state index in [0.717, 1.165) is 41.0 Å². The van der Waals surface area contributed by atoms with Gasteiger partial charge in [0.1, 0.15) is 24.4 Å². The lowest BCUT2D eigenvalue weighted by Crippen LogP contribution is -2.58. The smallest absolute Gasteiger partial charge is 0.420 e. The summed E-state index contributed by atoms with van der Waals surface area (Å²) in [5, 5.41) is 27.0. The summed E-state index contributed by atoms with van der Waals surface area (Å²) in [6.45, 7) is 8.09. The Labute approximate surface area is 401 Å². The molecule has 20 heteroatoms. The molecule has 0 radical (unpaired) electrons. The summed E-state index contributed by atoms with van der Waals surface area (Å²) >= 11 is 6.43. The molecule has 362 valence electrons. The number of halogens is 3. The van der Waals surface area contributed by atoms with Crippen LogP contribution in [0.3, 0.4) is 0 Å². The number of aryl methyl sites for hydroxylation is 1. The van der Waals surface area contributed by atoms with E-state index in [0.29, 0.717) is 34.8 Å². The fraction of sp³-hybridized carbons (Fsp3) is 0.417. The van der Waals surface area contributed by atoms with Crippen LogP contribution in [0.1, 0.15) is 74.3 Å². The summed E-state index contributed by atoms with van der Waals surface area (Å²) < 4.78 is 44.1. The highest BCUT2D eigenvalue weighted by atomic mass is 35.5. The number of ether oxygens (including phenoxy) is 3. The minimum absolute atomic E-state index is 0.0582. The second-order valence-corrected chi connectivity index (χ2v) is 19.0. The van der Waals surface area contributed by atoms with Crippen molar-refractivity contribution in [2.75, 3.05) is 43.5 Å². The first-order chi connectivity index (χ1) is 32.4. The van der Waals surface area contributed by atoms with Crippen LogP contribution in [0.15, 0.2) is 84.5 Å². The van der Waals surface area contributed by atoms with Crippen LogP contribution in [0.2, 0.25) is 0 Å². The number of benzene rings is 3. The zero-order valence-corrected chi connectivity index (χ0v) is 39.7. The van der Waals surface area contributed by atoms with Gasteiger partial charge in [0.05, 0.1) is 34.5 Å². The molecule has 4 amide bonds. The third-order valence-electron chi connectivity index (χ3n) is 11.5. The average molecular weight is 978 g/mol. The number of carbonyl (C=O) groups is 4. The van der Waals surface area contributed by atoms with Gasteiger partial charge in [-0.15, -0.1) is 20.1 Å². The number of anilines is 2. The number of nitrogens with one attached hydrogen (secondary N) is 4. The molecule has 3 aromatic carbocycles. The summed E-state index contributed by atoms with van der Waals surface area (Å²) in [6.07, 6.45) is 3.15. The molecule has 4 atom stereocenters. The maximum atomic E-state index is 14.1. The van der Waals surface area contributed by atoms with E-state index in [-0.39, 0.29) is 51.2 Å². The summed E-state index contributed by atoms with van der Waals surface area (Å²) in [5.41, 5.74) is 2.60. The maximum Gasteiger partial charge on any atom is 0.487 e. The Kier molecular flexibility index (Phi) is 16.1. The second-order valence-electron chi connectivity index (χ2n) is 17.7. The highest BCUT2D eigenvalue weighted by molar-refractivity contribution is 7.13. The van der Waals surface area contributed by atoms with Crippen LogP contribution in [-0.2, 0) is 30.4 Å². The van der Waals surface area contributed by atoms with Crippen molar-refractivity contribution in [1.82, 2.24) is 30.3 Å². The Morgan fingerprint density at radius 1 is 1.03 bits per heavy atom. The molecule has 1 unspecified atom stereocenters. The van der Waals surface area contributed by atoms with Crippen LogP contribution in [0.25, 0.3) is 21.7 Å². The highest BCUT2D eigenvalue weighted by Crippen LogP contribution is 2.35. The summed E-state index contributed by atoms with van der Waals surface area (Å²) in [5.74, 6) is -2.07. The zero-order valence-electron chi connectivity index (χ0n) is 38.1. The second kappa shape index (κ2) is 22.0. The summed E-state index contributed by atoms with van der Waals surface area (Å²) in [4.78, 5) is 61.2. The molecule has 4 heterocycles. The van der Waals surface area contributed by atoms with E-state index in [2.05, 4.69) is 36.1 Å². The number of hydrogen-bond donors (Lipinski definition) is 5. The van der Waals surface area contributed by atoms with Crippen molar-refractivity contribution in [3.8, 4) is 27.4 Å². The molecule has 7 rings (SSSR count). The van der Waals surface area contributed by atoms with Crippen LogP contribution in [0.5, 0.6) is 5.75 Å². The molecule has 0 saturated carbocycles. The number of nitrogens with zero attached hydrogens (tertiary/aromatic N) is 4. The first kappa shape index (κ1) is 49.9. The Morgan fingerprint density at radius 3 is 2.47 bits per heavy atom. The predicted octanol–water partition coefficient (Wildman–Crippen LogP) is 7.34. The molecule has 2 fully saturated rings.